The van der Waals surface area contributed by atoms with Crippen LogP contribution in [-0.2, 0) is 0 Å². The molecule has 4 nitrogen and oxygen atoms in total. The molecule has 0 unspecified atom stereocenters. The van der Waals surface area contributed by atoms with E-state index in [1.807, 2.05) is 54.8 Å². The third-order valence-corrected chi connectivity index (χ3v) is 4.14. The third-order valence-electron chi connectivity index (χ3n) is 2.58. The normalized spacial score (nSPS) is 11.6. The second-order valence-electron chi connectivity index (χ2n) is 4.00. The second kappa shape index (κ2) is 5.94. The zero-order valence-corrected chi connectivity index (χ0v) is 12.3. The molecule has 0 amide bonds. The maximum Gasteiger partial charge on any atom is 0.325 e. The minimum Gasteiger partial charge on any atom is -0.323 e. The van der Waals surface area contributed by atoms with Crippen LogP contribution in [0.1, 0.15) is 11.8 Å². The first-order chi connectivity index (χ1) is 9.83. The Balaban J connectivity index is 1.74. The Kier molecular flexibility index (Phi) is 3.85. The molecule has 100 valence electrons. The van der Waals surface area contributed by atoms with E-state index in [2.05, 4.69) is 14.5 Å². The van der Waals surface area contributed by atoms with Gasteiger partial charge in [-0.1, -0.05) is 41.6 Å². The standard InChI is InChI=1S/C14H11N3OS2/c1-10(12-8-5-9-19-12)16-18-14-15-13(17-20-14)11-6-3-2-4-7-11/h2-9H,1H3/b16-10-. The molecule has 2 aromatic heterocycles. The molecule has 0 radical (unpaired) electrons. The van der Waals surface area contributed by atoms with E-state index in [1.165, 1.54) is 11.5 Å². The van der Waals surface area contributed by atoms with Crippen molar-refractivity contribution in [3.63, 3.8) is 0 Å². The first-order valence-electron chi connectivity index (χ1n) is 5.97. The molecule has 3 aromatic rings. The first-order valence-corrected chi connectivity index (χ1v) is 7.63. The molecule has 0 fully saturated rings. The van der Waals surface area contributed by atoms with Crippen LogP contribution in [0.2, 0.25) is 0 Å². The number of hydrogen-bond donors (Lipinski definition) is 0. The summed E-state index contributed by atoms with van der Waals surface area (Å²) < 4.78 is 4.27. The molecule has 0 N–H and O–H groups in total. The molecule has 20 heavy (non-hydrogen) atoms. The van der Waals surface area contributed by atoms with Gasteiger partial charge in [-0.25, -0.2) is 0 Å². The van der Waals surface area contributed by atoms with E-state index in [4.69, 9.17) is 4.84 Å². The number of thiophene rings is 1. The van der Waals surface area contributed by atoms with E-state index >= 15 is 0 Å². The Hall–Kier alpha value is -2.05. The summed E-state index contributed by atoms with van der Waals surface area (Å²) in [4.78, 5) is 10.7. The predicted molar refractivity (Wildman–Crippen MR) is 82.5 cm³/mol. The Bertz CT molecular complexity index is 705. The monoisotopic (exact) mass is 301 g/mol. The number of aromatic nitrogens is 2. The van der Waals surface area contributed by atoms with Crippen molar-refractivity contribution in [1.82, 2.24) is 9.36 Å². The van der Waals surface area contributed by atoms with E-state index in [-0.39, 0.29) is 0 Å². The second-order valence-corrected chi connectivity index (χ2v) is 5.66. The van der Waals surface area contributed by atoms with Crippen molar-refractivity contribution in [2.75, 3.05) is 0 Å². The molecule has 0 aliphatic heterocycles. The van der Waals surface area contributed by atoms with E-state index in [9.17, 15) is 0 Å². The van der Waals surface area contributed by atoms with Crippen molar-refractivity contribution < 1.29 is 4.84 Å². The first kappa shape index (κ1) is 13.0. The molecule has 0 aliphatic rings. The van der Waals surface area contributed by atoms with Crippen LogP contribution < -0.4 is 4.84 Å². The van der Waals surface area contributed by atoms with Gasteiger partial charge in [0.2, 0.25) is 0 Å². The Morgan fingerprint density at radius 3 is 2.75 bits per heavy atom. The fraction of sp³-hybridized carbons (Fsp3) is 0.0714. The van der Waals surface area contributed by atoms with Gasteiger partial charge in [-0.3, -0.25) is 0 Å². The summed E-state index contributed by atoms with van der Waals surface area (Å²) in [7, 11) is 0. The summed E-state index contributed by atoms with van der Waals surface area (Å²) >= 11 is 2.82. The lowest BCUT2D eigenvalue weighted by atomic mass is 10.2. The lowest BCUT2D eigenvalue weighted by molar-refractivity contribution is 0.339. The highest BCUT2D eigenvalue weighted by Crippen LogP contribution is 2.22. The van der Waals surface area contributed by atoms with Crippen LogP contribution in [0.3, 0.4) is 0 Å². The zero-order valence-electron chi connectivity index (χ0n) is 10.7. The highest BCUT2D eigenvalue weighted by atomic mass is 32.1. The maximum atomic E-state index is 5.33. The van der Waals surface area contributed by atoms with Gasteiger partial charge >= 0.3 is 5.19 Å². The highest BCUT2D eigenvalue weighted by Gasteiger charge is 2.07. The van der Waals surface area contributed by atoms with Gasteiger partial charge in [0.05, 0.1) is 10.6 Å². The molecule has 0 bridgehead atoms. The Morgan fingerprint density at radius 1 is 1.15 bits per heavy atom. The quantitative estimate of drug-likeness (QED) is 0.539. The van der Waals surface area contributed by atoms with Crippen LogP contribution in [0.4, 0.5) is 0 Å². The fourth-order valence-electron chi connectivity index (χ4n) is 1.59. The molecule has 0 saturated heterocycles. The van der Waals surface area contributed by atoms with Gasteiger partial charge in [0.25, 0.3) is 0 Å². The Morgan fingerprint density at radius 2 is 2.00 bits per heavy atom. The number of rotatable bonds is 4. The van der Waals surface area contributed by atoms with Gasteiger partial charge < -0.3 is 4.84 Å². The summed E-state index contributed by atoms with van der Waals surface area (Å²) in [6, 6.07) is 13.8. The van der Waals surface area contributed by atoms with Crippen molar-refractivity contribution in [1.29, 1.82) is 0 Å². The summed E-state index contributed by atoms with van der Waals surface area (Å²) in [5, 5.41) is 6.53. The van der Waals surface area contributed by atoms with Gasteiger partial charge in [-0.15, -0.1) is 11.3 Å². The third kappa shape index (κ3) is 2.92. The average molecular weight is 301 g/mol. The van der Waals surface area contributed by atoms with Gasteiger partial charge in [0.1, 0.15) is 0 Å². The van der Waals surface area contributed by atoms with Gasteiger partial charge in [-0.05, 0) is 18.4 Å². The van der Waals surface area contributed by atoms with Crippen LogP contribution in [0.5, 0.6) is 5.19 Å². The van der Waals surface area contributed by atoms with Crippen LogP contribution in [0, 0.1) is 0 Å². The van der Waals surface area contributed by atoms with Crippen molar-refractivity contribution in [2.45, 2.75) is 6.92 Å². The highest BCUT2D eigenvalue weighted by molar-refractivity contribution is 7.12. The molecule has 1 aromatic carbocycles. The maximum absolute atomic E-state index is 5.33. The lowest BCUT2D eigenvalue weighted by Gasteiger charge is -1.95. The van der Waals surface area contributed by atoms with Gasteiger partial charge in [0, 0.05) is 17.1 Å². The molecular weight excluding hydrogens is 290 g/mol. The number of benzene rings is 1. The summed E-state index contributed by atoms with van der Waals surface area (Å²) in [5.41, 5.74) is 1.80. The van der Waals surface area contributed by atoms with Crippen molar-refractivity contribution in [3.8, 4) is 16.6 Å². The lowest BCUT2D eigenvalue weighted by Crippen LogP contribution is -1.94. The van der Waals surface area contributed by atoms with Gasteiger partial charge in [0.15, 0.2) is 5.82 Å². The molecule has 0 atom stereocenters. The molecule has 3 rings (SSSR count). The Labute approximate surface area is 124 Å². The molecule has 6 heteroatoms. The largest absolute Gasteiger partial charge is 0.325 e. The van der Waals surface area contributed by atoms with Crippen LogP contribution in [0.15, 0.2) is 53.0 Å². The van der Waals surface area contributed by atoms with Crippen LogP contribution in [0.25, 0.3) is 11.4 Å². The van der Waals surface area contributed by atoms with Crippen molar-refractivity contribution in [2.24, 2.45) is 5.16 Å². The average Bonchev–Trinajstić information content (AvgIpc) is 3.17. The smallest absolute Gasteiger partial charge is 0.323 e. The minimum absolute atomic E-state index is 0.444. The van der Waals surface area contributed by atoms with E-state index < -0.39 is 0 Å². The SMILES string of the molecule is C/C(=N/Oc1nc(-c2ccccc2)ns1)c1cccs1. The molecule has 2 heterocycles. The summed E-state index contributed by atoms with van der Waals surface area (Å²) in [6.07, 6.45) is 0. The van der Waals surface area contributed by atoms with E-state index in [0.29, 0.717) is 11.0 Å². The molecule has 0 aliphatic carbocycles. The molecule has 0 spiro atoms. The number of nitrogens with zero attached hydrogens (tertiary/aromatic N) is 3. The summed E-state index contributed by atoms with van der Waals surface area (Å²) in [5.74, 6) is 0.662. The predicted octanol–water partition coefficient (Wildman–Crippen LogP) is 4.07. The minimum atomic E-state index is 0.444. The van der Waals surface area contributed by atoms with Crippen LogP contribution >= 0.6 is 22.9 Å². The molecular formula is C14H11N3OS2. The van der Waals surface area contributed by atoms with Crippen LogP contribution in [-0.4, -0.2) is 15.1 Å². The van der Waals surface area contributed by atoms with Gasteiger partial charge in [-0.2, -0.15) is 9.36 Å². The molecule has 0 saturated carbocycles. The fourth-order valence-corrected chi connectivity index (χ4v) is 2.77. The van der Waals surface area contributed by atoms with Crippen molar-refractivity contribution >= 4 is 28.6 Å². The van der Waals surface area contributed by atoms with E-state index in [1.54, 1.807) is 11.3 Å². The zero-order chi connectivity index (χ0) is 13.8. The topological polar surface area (TPSA) is 47.4 Å². The van der Waals surface area contributed by atoms with Crippen molar-refractivity contribution in [3.05, 3.63) is 52.7 Å². The number of hydrogen-bond acceptors (Lipinski definition) is 6. The summed E-state index contributed by atoms with van der Waals surface area (Å²) in [6.45, 7) is 1.91. The van der Waals surface area contributed by atoms with E-state index in [0.717, 1.165) is 16.2 Å². The number of oxime groups is 1.